The normalized spacial score (nSPS) is 12.7. The monoisotopic (exact) mass is 278 g/mol. The zero-order valence-corrected chi connectivity index (χ0v) is 13.3. The number of nitrogens with zero attached hydrogens (tertiary/aromatic N) is 1. The van der Waals surface area contributed by atoms with Crippen molar-refractivity contribution in [2.24, 2.45) is 5.73 Å². The van der Waals surface area contributed by atoms with Crippen molar-refractivity contribution < 1.29 is 4.74 Å². The summed E-state index contributed by atoms with van der Waals surface area (Å²) in [6.07, 6.45) is 3.46. The van der Waals surface area contributed by atoms with E-state index in [1.54, 1.807) is 0 Å². The van der Waals surface area contributed by atoms with Gasteiger partial charge in [0.15, 0.2) is 0 Å². The topological polar surface area (TPSA) is 38.5 Å². The van der Waals surface area contributed by atoms with Gasteiger partial charge in [0.1, 0.15) is 5.75 Å². The summed E-state index contributed by atoms with van der Waals surface area (Å²) in [6, 6.07) is 8.68. The molecule has 0 aliphatic heterocycles. The highest BCUT2D eigenvalue weighted by Crippen LogP contribution is 2.24. The molecule has 3 heteroatoms. The van der Waals surface area contributed by atoms with Crippen LogP contribution in [0, 0.1) is 0 Å². The quantitative estimate of drug-likeness (QED) is 0.710. The average molecular weight is 278 g/mol. The Kier molecular flexibility index (Phi) is 8.31. The van der Waals surface area contributed by atoms with E-state index in [9.17, 15) is 0 Å². The molecule has 1 atom stereocenters. The number of rotatable bonds is 10. The van der Waals surface area contributed by atoms with Crippen molar-refractivity contribution in [3.8, 4) is 5.75 Å². The van der Waals surface area contributed by atoms with E-state index in [2.05, 4.69) is 43.9 Å². The van der Waals surface area contributed by atoms with Gasteiger partial charge in [-0.2, -0.15) is 0 Å². The standard InChI is InChI=1S/C17H30N2O/c1-4-7-11-19(6-3)17(14-18)15-9-8-10-16(13-15)20-12-5-2/h8-10,13,17H,4-7,11-12,14,18H2,1-3H3. The van der Waals surface area contributed by atoms with Crippen molar-refractivity contribution >= 4 is 0 Å². The van der Waals surface area contributed by atoms with Gasteiger partial charge in [-0.3, -0.25) is 4.90 Å². The maximum absolute atomic E-state index is 6.02. The van der Waals surface area contributed by atoms with Gasteiger partial charge >= 0.3 is 0 Å². The van der Waals surface area contributed by atoms with E-state index in [4.69, 9.17) is 10.5 Å². The number of ether oxygens (including phenoxy) is 1. The van der Waals surface area contributed by atoms with Gasteiger partial charge in [-0.15, -0.1) is 0 Å². The first-order chi connectivity index (χ1) is 9.76. The molecule has 0 bridgehead atoms. The number of nitrogens with two attached hydrogens (primary N) is 1. The maximum Gasteiger partial charge on any atom is 0.119 e. The molecule has 1 aromatic carbocycles. The molecular formula is C17H30N2O. The highest BCUT2D eigenvalue weighted by Gasteiger charge is 2.17. The summed E-state index contributed by atoms with van der Waals surface area (Å²) in [5.74, 6) is 0.953. The van der Waals surface area contributed by atoms with Crippen LogP contribution in [-0.4, -0.2) is 31.1 Å². The van der Waals surface area contributed by atoms with Crippen LogP contribution in [0.3, 0.4) is 0 Å². The summed E-state index contributed by atoms with van der Waals surface area (Å²) in [5, 5.41) is 0. The highest BCUT2D eigenvalue weighted by molar-refractivity contribution is 5.31. The SMILES string of the molecule is CCCCN(CC)C(CN)c1cccc(OCCC)c1. The third-order valence-corrected chi connectivity index (χ3v) is 3.58. The fourth-order valence-corrected chi connectivity index (χ4v) is 2.42. The van der Waals surface area contributed by atoms with Crippen molar-refractivity contribution in [3.63, 3.8) is 0 Å². The molecule has 2 N–H and O–H groups in total. The molecule has 0 aliphatic carbocycles. The van der Waals surface area contributed by atoms with E-state index in [1.807, 2.05) is 6.07 Å². The van der Waals surface area contributed by atoms with Crippen LogP contribution in [0.15, 0.2) is 24.3 Å². The van der Waals surface area contributed by atoms with E-state index in [-0.39, 0.29) is 6.04 Å². The fourth-order valence-electron chi connectivity index (χ4n) is 2.42. The molecule has 0 radical (unpaired) electrons. The Hall–Kier alpha value is -1.06. The average Bonchev–Trinajstić information content (AvgIpc) is 2.49. The predicted octanol–water partition coefficient (Wildman–Crippen LogP) is 3.60. The Morgan fingerprint density at radius 2 is 2.00 bits per heavy atom. The summed E-state index contributed by atoms with van der Waals surface area (Å²) in [7, 11) is 0. The van der Waals surface area contributed by atoms with Crippen LogP contribution in [0.1, 0.15) is 51.6 Å². The summed E-state index contributed by atoms with van der Waals surface area (Å²) in [6.45, 7) is 10.1. The van der Waals surface area contributed by atoms with Crippen LogP contribution in [0.4, 0.5) is 0 Å². The third kappa shape index (κ3) is 5.14. The van der Waals surface area contributed by atoms with Gasteiger partial charge in [-0.25, -0.2) is 0 Å². The van der Waals surface area contributed by atoms with Crippen LogP contribution in [0.2, 0.25) is 0 Å². The molecule has 1 aromatic rings. The number of hydrogen-bond donors (Lipinski definition) is 1. The summed E-state index contributed by atoms with van der Waals surface area (Å²) in [4.78, 5) is 2.46. The highest BCUT2D eigenvalue weighted by atomic mass is 16.5. The largest absolute Gasteiger partial charge is 0.494 e. The first-order valence-corrected chi connectivity index (χ1v) is 7.93. The molecule has 0 aliphatic rings. The minimum Gasteiger partial charge on any atom is -0.494 e. The minimum absolute atomic E-state index is 0.289. The second-order valence-corrected chi connectivity index (χ2v) is 5.15. The number of hydrogen-bond acceptors (Lipinski definition) is 3. The van der Waals surface area contributed by atoms with E-state index < -0.39 is 0 Å². The van der Waals surface area contributed by atoms with Crippen LogP contribution in [0.5, 0.6) is 5.75 Å². The van der Waals surface area contributed by atoms with Crippen molar-refractivity contribution in [3.05, 3.63) is 29.8 Å². The van der Waals surface area contributed by atoms with Gasteiger partial charge in [-0.1, -0.05) is 39.3 Å². The molecule has 3 nitrogen and oxygen atoms in total. The molecule has 0 saturated carbocycles. The molecule has 114 valence electrons. The van der Waals surface area contributed by atoms with E-state index in [0.29, 0.717) is 6.54 Å². The lowest BCUT2D eigenvalue weighted by atomic mass is 10.0. The molecule has 1 unspecified atom stereocenters. The Morgan fingerprint density at radius 3 is 2.60 bits per heavy atom. The summed E-state index contributed by atoms with van der Waals surface area (Å²) in [5.41, 5.74) is 7.28. The zero-order valence-electron chi connectivity index (χ0n) is 13.3. The van der Waals surface area contributed by atoms with Crippen LogP contribution >= 0.6 is 0 Å². The van der Waals surface area contributed by atoms with Crippen LogP contribution in [0.25, 0.3) is 0 Å². The summed E-state index contributed by atoms with van der Waals surface area (Å²) < 4.78 is 5.73. The molecule has 0 spiro atoms. The first-order valence-electron chi connectivity index (χ1n) is 7.93. The molecule has 1 rings (SSSR count). The van der Waals surface area contributed by atoms with Gasteiger partial charge in [0.25, 0.3) is 0 Å². The second kappa shape index (κ2) is 9.78. The lowest BCUT2D eigenvalue weighted by Crippen LogP contribution is -2.34. The molecule has 0 saturated heterocycles. The van der Waals surface area contributed by atoms with Crippen molar-refractivity contribution in [1.82, 2.24) is 4.90 Å². The van der Waals surface area contributed by atoms with Gasteiger partial charge in [0.2, 0.25) is 0 Å². The lowest BCUT2D eigenvalue weighted by molar-refractivity contribution is 0.208. The molecule has 0 aromatic heterocycles. The molecule has 0 amide bonds. The zero-order chi connectivity index (χ0) is 14.8. The molecular weight excluding hydrogens is 248 g/mol. The van der Waals surface area contributed by atoms with Crippen molar-refractivity contribution in [1.29, 1.82) is 0 Å². The first kappa shape index (κ1) is 17.0. The van der Waals surface area contributed by atoms with Gasteiger partial charge in [0, 0.05) is 12.6 Å². The van der Waals surface area contributed by atoms with E-state index in [1.165, 1.54) is 18.4 Å². The van der Waals surface area contributed by atoms with Crippen molar-refractivity contribution in [2.45, 2.75) is 46.1 Å². The molecule has 0 heterocycles. The Morgan fingerprint density at radius 1 is 1.20 bits per heavy atom. The van der Waals surface area contributed by atoms with Crippen LogP contribution in [-0.2, 0) is 0 Å². The Labute approximate surface area is 124 Å². The third-order valence-electron chi connectivity index (χ3n) is 3.58. The predicted molar refractivity (Wildman–Crippen MR) is 86.2 cm³/mol. The summed E-state index contributed by atoms with van der Waals surface area (Å²) >= 11 is 0. The number of likely N-dealkylation sites (N-methyl/N-ethyl adjacent to an activating group) is 1. The number of benzene rings is 1. The fraction of sp³-hybridized carbons (Fsp3) is 0.647. The van der Waals surface area contributed by atoms with Crippen LogP contribution < -0.4 is 10.5 Å². The number of unbranched alkanes of at least 4 members (excludes halogenated alkanes) is 1. The second-order valence-electron chi connectivity index (χ2n) is 5.15. The van der Waals surface area contributed by atoms with Gasteiger partial charge < -0.3 is 10.5 Å². The maximum atomic E-state index is 6.02. The smallest absolute Gasteiger partial charge is 0.119 e. The lowest BCUT2D eigenvalue weighted by Gasteiger charge is -2.30. The van der Waals surface area contributed by atoms with Gasteiger partial charge in [-0.05, 0) is 43.6 Å². The Balaban J connectivity index is 2.81. The Bertz CT molecular complexity index is 368. The van der Waals surface area contributed by atoms with E-state index in [0.717, 1.165) is 31.9 Å². The minimum atomic E-state index is 0.289. The van der Waals surface area contributed by atoms with Gasteiger partial charge in [0.05, 0.1) is 6.61 Å². The molecule has 0 fully saturated rings. The van der Waals surface area contributed by atoms with Crippen molar-refractivity contribution in [2.75, 3.05) is 26.2 Å². The molecule has 20 heavy (non-hydrogen) atoms. The van der Waals surface area contributed by atoms with E-state index >= 15 is 0 Å².